The number of ether oxygens (including phenoxy) is 1. The molecular weight excluding hydrogens is 354 g/mol. The van der Waals surface area contributed by atoms with Crippen LogP contribution in [0.2, 0.25) is 0 Å². The van der Waals surface area contributed by atoms with Crippen molar-refractivity contribution in [2.24, 2.45) is 0 Å². The molecule has 0 radical (unpaired) electrons. The zero-order chi connectivity index (χ0) is 19.7. The number of anilines is 1. The minimum atomic E-state index is -0.562. The largest absolute Gasteiger partial charge is 0.443 e. The van der Waals surface area contributed by atoms with E-state index in [1.54, 1.807) is 10.8 Å². The monoisotopic (exact) mass is 379 g/mol. The molecule has 1 aliphatic rings. The van der Waals surface area contributed by atoms with Crippen molar-refractivity contribution in [1.82, 2.24) is 19.9 Å². The number of carbonyl (C=O) groups excluding carboxylic acids is 1. The normalized spacial score (nSPS) is 15.0. The summed E-state index contributed by atoms with van der Waals surface area (Å²) in [5.41, 5.74) is 1.92. The number of hydrogen-bond donors (Lipinski definition) is 1. The molecule has 146 valence electrons. The maximum atomic E-state index is 12.7. The van der Waals surface area contributed by atoms with Crippen molar-refractivity contribution in [2.45, 2.75) is 26.4 Å². The summed E-state index contributed by atoms with van der Waals surface area (Å²) in [6.07, 6.45) is 3.19. The molecule has 0 spiro atoms. The van der Waals surface area contributed by atoms with Gasteiger partial charge in [-0.2, -0.15) is 0 Å². The number of hydrogen-bond acceptors (Lipinski definition) is 6. The standard InChI is InChI=1S/C21H25N5O2/c1-21(2,3)28-20(27)26-14-16(15-6-4-5-7-18(15)26)17-8-9-23-19(24-17)25-12-10-22-11-13-25/h4-9,14,22H,10-13H2,1-3H3. The van der Waals surface area contributed by atoms with E-state index in [2.05, 4.69) is 15.2 Å². The Morgan fingerprint density at radius 1 is 1.14 bits per heavy atom. The molecule has 0 aliphatic carbocycles. The highest BCUT2D eigenvalue weighted by molar-refractivity contribution is 6.00. The fourth-order valence-corrected chi connectivity index (χ4v) is 3.36. The summed E-state index contributed by atoms with van der Waals surface area (Å²) >= 11 is 0. The van der Waals surface area contributed by atoms with Crippen LogP contribution in [0.5, 0.6) is 0 Å². The van der Waals surface area contributed by atoms with E-state index in [1.165, 1.54) is 0 Å². The van der Waals surface area contributed by atoms with Crippen LogP contribution in [0.1, 0.15) is 20.8 Å². The fraction of sp³-hybridized carbons (Fsp3) is 0.381. The topological polar surface area (TPSA) is 72.3 Å². The first kappa shape index (κ1) is 18.4. The van der Waals surface area contributed by atoms with Crippen LogP contribution >= 0.6 is 0 Å². The third-order valence-corrected chi connectivity index (χ3v) is 4.62. The van der Waals surface area contributed by atoms with E-state index < -0.39 is 11.7 Å². The predicted octanol–water partition coefficient (Wildman–Crippen LogP) is 3.29. The molecule has 7 nitrogen and oxygen atoms in total. The van der Waals surface area contributed by atoms with E-state index in [0.29, 0.717) is 5.95 Å². The molecule has 1 aliphatic heterocycles. The van der Waals surface area contributed by atoms with E-state index in [9.17, 15) is 4.79 Å². The highest BCUT2D eigenvalue weighted by atomic mass is 16.6. The summed E-state index contributed by atoms with van der Waals surface area (Å²) in [5, 5.41) is 4.29. The average Bonchev–Trinajstić information content (AvgIpc) is 3.07. The molecule has 3 aromatic rings. The van der Waals surface area contributed by atoms with Crippen molar-refractivity contribution in [2.75, 3.05) is 31.1 Å². The second kappa shape index (κ2) is 7.24. The molecular formula is C21H25N5O2. The van der Waals surface area contributed by atoms with Gasteiger partial charge in [0.1, 0.15) is 5.60 Å². The fourth-order valence-electron chi connectivity index (χ4n) is 3.36. The number of aromatic nitrogens is 3. The van der Waals surface area contributed by atoms with Crippen LogP contribution in [0.25, 0.3) is 22.2 Å². The Kier molecular flexibility index (Phi) is 4.77. The quantitative estimate of drug-likeness (QED) is 0.737. The lowest BCUT2D eigenvalue weighted by Gasteiger charge is -2.27. The third kappa shape index (κ3) is 3.71. The average molecular weight is 379 g/mol. The van der Waals surface area contributed by atoms with Gasteiger partial charge < -0.3 is 15.0 Å². The lowest BCUT2D eigenvalue weighted by molar-refractivity contribution is 0.0544. The van der Waals surface area contributed by atoms with Crippen LogP contribution < -0.4 is 10.2 Å². The molecule has 0 amide bonds. The van der Waals surface area contributed by atoms with Gasteiger partial charge in [-0.3, -0.25) is 4.57 Å². The molecule has 0 bridgehead atoms. The number of nitrogens with one attached hydrogen (secondary N) is 1. The van der Waals surface area contributed by atoms with E-state index in [-0.39, 0.29) is 0 Å². The van der Waals surface area contributed by atoms with Gasteiger partial charge >= 0.3 is 6.09 Å². The van der Waals surface area contributed by atoms with Crippen molar-refractivity contribution in [1.29, 1.82) is 0 Å². The van der Waals surface area contributed by atoms with Gasteiger partial charge in [-0.25, -0.2) is 14.8 Å². The van der Waals surface area contributed by atoms with E-state index in [0.717, 1.165) is 48.3 Å². The first-order valence-corrected chi connectivity index (χ1v) is 9.55. The minimum absolute atomic E-state index is 0.397. The third-order valence-electron chi connectivity index (χ3n) is 4.62. The first-order chi connectivity index (χ1) is 13.4. The molecule has 1 N–H and O–H groups in total. The zero-order valence-corrected chi connectivity index (χ0v) is 16.5. The molecule has 1 saturated heterocycles. The van der Waals surface area contributed by atoms with Crippen LogP contribution in [0.4, 0.5) is 10.7 Å². The number of benzene rings is 1. The smallest absolute Gasteiger partial charge is 0.419 e. The second-order valence-corrected chi connectivity index (χ2v) is 7.89. The van der Waals surface area contributed by atoms with Crippen LogP contribution in [-0.2, 0) is 4.74 Å². The van der Waals surface area contributed by atoms with Crippen molar-refractivity contribution >= 4 is 22.9 Å². The van der Waals surface area contributed by atoms with Crippen molar-refractivity contribution < 1.29 is 9.53 Å². The highest BCUT2D eigenvalue weighted by Gasteiger charge is 2.22. The van der Waals surface area contributed by atoms with Gasteiger partial charge in [-0.15, -0.1) is 0 Å². The molecule has 7 heteroatoms. The van der Waals surface area contributed by atoms with Gasteiger partial charge in [-0.05, 0) is 32.9 Å². The van der Waals surface area contributed by atoms with Crippen LogP contribution in [-0.4, -0.2) is 52.4 Å². The Hall–Kier alpha value is -2.93. The van der Waals surface area contributed by atoms with Crippen LogP contribution in [0.3, 0.4) is 0 Å². The number of nitrogens with zero attached hydrogens (tertiary/aromatic N) is 4. The van der Waals surface area contributed by atoms with Gasteiger partial charge in [-0.1, -0.05) is 18.2 Å². The number of fused-ring (bicyclic) bond motifs is 1. The molecule has 1 fully saturated rings. The van der Waals surface area contributed by atoms with Gasteiger partial charge in [0.2, 0.25) is 5.95 Å². The summed E-state index contributed by atoms with van der Waals surface area (Å²) in [6, 6.07) is 9.68. The first-order valence-electron chi connectivity index (χ1n) is 9.55. The number of para-hydroxylation sites is 1. The van der Waals surface area contributed by atoms with Crippen molar-refractivity contribution in [3.63, 3.8) is 0 Å². The van der Waals surface area contributed by atoms with Gasteiger partial charge in [0.25, 0.3) is 0 Å². The molecule has 4 rings (SSSR count). The lowest BCUT2D eigenvalue weighted by atomic mass is 10.1. The zero-order valence-electron chi connectivity index (χ0n) is 16.5. The molecule has 0 unspecified atom stereocenters. The van der Waals surface area contributed by atoms with E-state index in [1.807, 2.05) is 57.3 Å². The lowest BCUT2D eigenvalue weighted by Crippen LogP contribution is -2.44. The molecule has 3 heterocycles. The summed E-state index contributed by atoms with van der Waals surface area (Å²) in [5.74, 6) is 0.716. The molecule has 0 atom stereocenters. The number of carbonyl (C=O) groups is 1. The summed E-state index contributed by atoms with van der Waals surface area (Å²) in [4.78, 5) is 24.1. The number of rotatable bonds is 2. The molecule has 1 aromatic carbocycles. The Morgan fingerprint density at radius 2 is 1.89 bits per heavy atom. The van der Waals surface area contributed by atoms with Gasteiger partial charge in [0.15, 0.2) is 0 Å². The summed E-state index contributed by atoms with van der Waals surface area (Å²) < 4.78 is 7.13. The maximum Gasteiger partial charge on any atom is 0.419 e. The van der Waals surface area contributed by atoms with Crippen LogP contribution in [0, 0.1) is 0 Å². The highest BCUT2D eigenvalue weighted by Crippen LogP contribution is 2.30. The van der Waals surface area contributed by atoms with Crippen molar-refractivity contribution in [3.05, 3.63) is 42.7 Å². The molecule has 2 aromatic heterocycles. The summed E-state index contributed by atoms with van der Waals surface area (Å²) in [6.45, 7) is 9.19. The molecule has 28 heavy (non-hydrogen) atoms. The van der Waals surface area contributed by atoms with Crippen molar-refractivity contribution in [3.8, 4) is 11.3 Å². The van der Waals surface area contributed by atoms with Gasteiger partial charge in [0, 0.05) is 49.5 Å². The number of piperazine rings is 1. The van der Waals surface area contributed by atoms with E-state index in [4.69, 9.17) is 9.72 Å². The Morgan fingerprint density at radius 3 is 2.64 bits per heavy atom. The Balaban J connectivity index is 1.76. The summed E-state index contributed by atoms with van der Waals surface area (Å²) in [7, 11) is 0. The van der Waals surface area contributed by atoms with E-state index >= 15 is 0 Å². The molecule has 0 saturated carbocycles. The Labute approximate surface area is 164 Å². The maximum absolute atomic E-state index is 12.7. The minimum Gasteiger partial charge on any atom is -0.443 e. The van der Waals surface area contributed by atoms with Crippen LogP contribution in [0.15, 0.2) is 42.7 Å². The second-order valence-electron chi connectivity index (χ2n) is 7.89. The predicted molar refractivity (Wildman–Crippen MR) is 110 cm³/mol. The van der Waals surface area contributed by atoms with Gasteiger partial charge in [0.05, 0.1) is 11.2 Å². The Bertz CT molecular complexity index is 999. The SMILES string of the molecule is CC(C)(C)OC(=O)n1cc(-c2ccnc(N3CCNCC3)n2)c2ccccc21.